The van der Waals surface area contributed by atoms with Gasteiger partial charge < -0.3 is 10.1 Å². The molecule has 0 bridgehead atoms. The van der Waals surface area contributed by atoms with Gasteiger partial charge in [0.2, 0.25) is 0 Å². The molecule has 1 aromatic carbocycles. The van der Waals surface area contributed by atoms with Gasteiger partial charge in [0.25, 0.3) is 0 Å². The number of hydrogen-bond acceptors (Lipinski definition) is 4. The number of rotatable bonds is 5. The summed E-state index contributed by atoms with van der Waals surface area (Å²) in [7, 11) is 0. The Balaban J connectivity index is 2.46. The normalized spacial score (nSPS) is 9.94. The van der Waals surface area contributed by atoms with Crippen molar-refractivity contribution in [2.24, 2.45) is 0 Å². The van der Waals surface area contributed by atoms with Crippen LogP contribution in [0.4, 0.5) is 4.79 Å². The summed E-state index contributed by atoms with van der Waals surface area (Å²) in [6.07, 6.45) is -0.783. The van der Waals surface area contributed by atoms with Gasteiger partial charge in [-0.25, -0.2) is 4.79 Å². The second kappa shape index (κ2) is 6.54. The van der Waals surface area contributed by atoms with E-state index in [1.54, 1.807) is 12.1 Å². The van der Waals surface area contributed by atoms with Crippen LogP contribution in [-0.2, 0) is 20.9 Å². The first-order valence-corrected chi connectivity index (χ1v) is 5.49. The van der Waals surface area contributed by atoms with E-state index in [1.807, 2.05) is 18.2 Å². The molecule has 1 aromatic rings. The maximum atomic E-state index is 11.4. The first kappa shape index (κ1) is 13.9. The zero-order valence-corrected chi connectivity index (χ0v) is 10.3. The summed E-state index contributed by atoms with van der Waals surface area (Å²) in [5, 5.41) is 2.23. The number of amides is 1. The zero-order valence-electron chi connectivity index (χ0n) is 10.3. The van der Waals surface area contributed by atoms with Crippen molar-refractivity contribution in [1.82, 2.24) is 5.32 Å². The number of Topliss-reactive ketones (excluding diaryl/α,β-unsaturated/α-hetero) is 2. The van der Waals surface area contributed by atoms with Gasteiger partial charge in [0.1, 0.15) is 12.6 Å². The maximum absolute atomic E-state index is 11.4. The van der Waals surface area contributed by atoms with Gasteiger partial charge in [0.15, 0.2) is 11.6 Å². The number of hydrogen-bond donors (Lipinski definition) is 1. The summed E-state index contributed by atoms with van der Waals surface area (Å²) < 4.78 is 4.90. The van der Waals surface area contributed by atoms with Crippen LogP contribution in [0.5, 0.6) is 0 Å². The molecule has 5 nitrogen and oxygen atoms in total. The van der Waals surface area contributed by atoms with E-state index in [1.165, 1.54) is 13.8 Å². The lowest BCUT2D eigenvalue weighted by Gasteiger charge is -2.12. The second-order valence-corrected chi connectivity index (χ2v) is 3.86. The van der Waals surface area contributed by atoms with Crippen LogP contribution >= 0.6 is 0 Å². The number of carbonyl (C=O) groups excluding carboxylic acids is 3. The molecular formula is C13H15NO4. The van der Waals surface area contributed by atoms with E-state index in [9.17, 15) is 14.4 Å². The molecule has 0 unspecified atom stereocenters. The Labute approximate surface area is 105 Å². The molecule has 1 amide bonds. The molecule has 0 atom stereocenters. The van der Waals surface area contributed by atoms with Gasteiger partial charge in [-0.3, -0.25) is 9.59 Å². The molecule has 0 fully saturated rings. The highest BCUT2D eigenvalue weighted by Crippen LogP contribution is 2.01. The van der Waals surface area contributed by atoms with E-state index >= 15 is 0 Å². The summed E-state index contributed by atoms with van der Waals surface area (Å²) in [5.74, 6) is -0.835. The lowest BCUT2D eigenvalue weighted by atomic mass is 10.1. The Bertz CT molecular complexity index is 428. The Morgan fingerprint density at radius 3 is 2.17 bits per heavy atom. The predicted octanol–water partition coefficient (Wildman–Crippen LogP) is 1.46. The topological polar surface area (TPSA) is 72.5 Å². The predicted molar refractivity (Wildman–Crippen MR) is 64.9 cm³/mol. The van der Waals surface area contributed by atoms with Gasteiger partial charge in [-0.2, -0.15) is 0 Å². The SMILES string of the molecule is CC(=O)C(NC(=O)OCc1ccccc1)C(C)=O. The largest absolute Gasteiger partial charge is 0.445 e. The molecule has 5 heteroatoms. The minimum atomic E-state index is -1.13. The number of carbonyl (C=O) groups is 3. The summed E-state index contributed by atoms with van der Waals surface area (Å²) in [5.41, 5.74) is 0.829. The van der Waals surface area contributed by atoms with Gasteiger partial charge in [0, 0.05) is 0 Å². The first-order chi connectivity index (χ1) is 8.50. The Morgan fingerprint density at radius 2 is 1.67 bits per heavy atom. The maximum Gasteiger partial charge on any atom is 0.408 e. The van der Waals surface area contributed by atoms with E-state index in [4.69, 9.17) is 4.74 Å². The standard InChI is InChI=1S/C13H15NO4/c1-9(15)12(10(2)16)14-13(17)18-8-11-6-4-3-5-7-11/h3-7,12H,8H2,1-2H3,(H,14,17). The van der Waals surface area contributed by atoms with Crippen molar-refractivity contribution in [1.29, 1.82) is 0 Å². The fourth-order valence-electron chi connectivity index (χ4n) is 1.37. The third-order valence-electron chi connectivity index (χ3n) is 2.29. The van der Waals surface area contributed by atoms with E-state index in [0.29, 0.717) is 0 Å². The molecule has 0 aliphatic heterocycles. The van der Waals surface area contributed by atoms with E-state index in [-0.39, 0.29) is 6.61 Å². The van der Waals surface area contributed by atoms with Crippen molar-refractivity contribution in [2.45, 2.75) is 26.5 Å². The van der Waals surface area contributed by atoms with E-state index < -0.39 is 23.7 Å². The van der Waals surface area contributed by atoms with Crippen LogP contribution < -0.4 is 5.32 Å². The quantitative estimate of drug-likeness (QED) is 0.802. The first-order valence-electron chi connectivity index (χ1n) is 5.49. The lowest BCUT2D eigenvalue weighted by molar-refractivity contribution is -0.127. The highest BCUT2D eigenvalue weighted by Gasteiger charge is 2.22. The summed E-state index contributed by atoms with van der Waals surface area (Å²) >= 11 is 0. The lowest BCUT2D eigenvalue weighted by Crippen LogP contribution is -2.44. The molecule has 96 valence electrons. The number of nitrogens with one attached hydrogen (secondary N) is 1. The number of alkyl carbamates (subject to hydrolysis) is 1. The molecule has 0 heterocycles. The van der Waals surface area contributed by atoms with Crippen LogP contribution in [0.3, 0.4) is 0 Å². The minimum absolute atomic E-state index is 0.0925. The van der Waals surface area contributed by atoms with Crippen molar-refractivity contribution in [3.63, 3.8) is 0 Å². The van der Waals surface area contributed by atoms with E-state index in [2.05, 4.69) is 5.32 Å². The second-order valence-electron chi connectivity index (χ2n) is 3.86. The molecule has 0 spiro atoms. The highest BCUT2D eigenvalue weighted by atomic mass is 16.5. The van der Waals surface area contributed by atoms with Gasteiger partial charge >= 0.3 is 6.09 Å². The molecule has 18 heavy (non-hydrogen) atoms. The average molecular weight is 249 g/mol. The van der Waals surface area contributed by atoms with Gasteiger partial charge in [-0.1, -0.05) is 30.3 Å². The summed E-state index contributed by atoms with van der Waals surface area (Å²) in [4.78, 5) is 33.6. The molecule has 0 saturated carbocycles. The van der Waals surface area contributed by atoms with Gasteiger partial charge in [-0.15, -0.1) is 0 Å². The van der Waals surface area contributed by atoms with Crippen LogP contribution in [0, 0.1) is 0 Å². The number of ether oxygens (including phenoxy) is 1. The highest BCUT2D eigenvalue weighted by molar-refractivity contribution is 6.06. The van der Waals surface area contributed by atoms with E-state index in [0.717, 1.165) is 5.56 Å². The smallest absolute Gasteiger partial charge is 0.408 e. The minimum Gasteiger partial charge on any atom is -0.445 e. The van der Waals surface area contributed by atoms with Crippen molar-refractivity contribution in [3.05, 3.63) is 35.9 Å². The van der Waals surface area contributed by atoms with Crippen LogP contribution in [-0.4, -0.2) is 23.7 Å². The van der Waals surface area contributed by atoms with Crippen LogP contribution in [0.1, 0.15) is 19.4 Å². The Morgan fingerprint density at radius 1 is 1.11 bits per heavy atom. The summed E-state index contributed by atoms with van der Waals surface area (Å²) in [6, 6.07) is 7.98. The monoisotopic (exact) mass is 249 g/mol. The van der Waals surface area contributed by atoms with Gasteiger partial charge in [-0.05, 0) is 19.4 Å². The summed E-state index contributed by atoms with van der Waals surface area (Å²) in [6.45, 7) is 2.57. The fourth-order valence-corrected chi connectivity index (χ4v) is 1.37. The van der Waals surface area contributed by atoms with Crippen molar-refractivity contribution >= 4 is 17.7 Å². The molecular weight excluding hydrogens is 234 g/mol. The van der Waals surface area contributed by atoms with Crippen LogP contribution in [0.25, 0.3) is 0 Å². The Kier molecular flexibility index (Phi) is 5.05. The molecule has 1 N–H and O–H groups in total. The molecule has 0 aliphatic carbocycles. The van der Waals surface area contributed by atoms with Crippen LogP contribution in [0.2, 0.25) is 0 Å². The molecule has 0 aromatic heterocycles. The number of benzene rings is 1. The molecule has 1 rings (SSSR count). The third kappa shape index (κ3) is 4.37. The zero-order chi connectivity index (χ0) is 13.5. The van der Waals surface area contributed by atoms with Crippen molar-refractivity contribution < 1.29 is 19.1 Å². The molecule has 0 aliphatic rings. The molecule has 0 saturated heterocycles. The fraction of sp³-hybridized carbons (Fsp3) is 0.308. The van der Waals surface area contributed by atoms with Crippen LogP contribution in [0.15, 0.2) is 30.3 Å². The number of ketones is 2. The van der Waals surface area contributed by atoms with Gasteiger partial charge in [0.05, 0.1) is 0 Å². The average Bonchev–Trinajstić information content (AvgIpc) is 2.34. The molecule has 0 radical (unpaired) electrons. The Hall–Kier alpha value is -2.17. The van der Waals surface area contributed by atoms with Crippen molar-refractivity contribution in [2.75, 3.05) is 0 Å². The van der Waals surface area contributed by atoms with Crippen molar-refractivity contribution in [3.8, 4) is 0 Å². The third-order valence-corrected chi connectivity index (χ3v) is 2.29.